The summed E-state index contributed by atoms with van der Waals surface area (Å²) in [5.41, 5.74) is 6.96. The molecule has 2 rings (SSSR count). The van der Waals surface area contributed by atoms with Gasteiger partial charge >= 0.3 is 0 Å². The third kappa shape index (κ3) is 2.42. The van der Waals surface area contributed by atoms with Crippen LogP contribution in [0.25, 0.3) is 0 Å². The molecule has 0 radical (unpaired) electrons. The highest BCUT2D eigenvalue weighted by molar-refractivity contribution is 5.99. The number of nitrogens with two attached hydrogens (primary N) is 1. The Bertz CT molecular complexity index is 406. The maximum atomic E-state index is 12.3. The van der Waals surface area contributed by atoms with Gasteiger partial charge in [0.15, 0.2) is 0 Å². The van der Waals surface area contributed by atoms with Crippen molar-refractivity contribution in [3.8, 4) is 0 Å². The molecule has 1 atom stereocenters. The van der Waals surface area contributed by atoms with Gasteiger partial charge in [-0.2, -0.15) is 0 Å². The normalized spacial score (nSPS) is 19.6. The number of methoxy groups -OCH3 is 1. The zero-order valence-corrected chi connectivity index (χ0v) is 10.1. The van der Waals surface area contributed by atoms with Crippen LogP contribution in [-0.2, 0) is 4.74 Å². The van der Waals surface area contributed by atoms with Gasteiger partial charge in [0.2, 0.25) is 0 Å². The minimum atomic E-state index is 0.0163. The summed E-state index contributed by atoms with van der Waals surface area (Å²) in [4.78, 5) is 14.2. The third-order valence-corrected chi connectivity index (χ3v) is 3.19. The van der Waals surface area contributed by atoms with Crippen LogP contribution in [0.5, 0.6) is 0 Å². The largest absolute Gasteiger partial charge is 0.398 e. The number of nitrogens with zero attached hydrogens (tertiary/aromatic N) is 1. The van der Waals surface area contributed by atoms with Crippen LogP contribution in [0.1, 0.15) is 23.2 Å². The second-order valence-electron chi connectivity index (χ2n) is 4.34. The van der Waals surface area contributed by atoms with Crippen LogP contribution in [-0.4, -0.2) is 37.1 Å². The molecule has 17 heavy (non-hydrogen) atoms. The van der Waals surface area contributed by atoms with Gasteiger partial charge in [0.05, 0.1) is 18.2 Å². The molecule has 4 heteroatoms. The Morgan fingerprint density at radius 2 is 2.29 bits per heavy atom. The highest BCUT2D eigenvalue weighted by Crippen LogP contribution is 2.22. The zero-order chi connectivity index (χ0) is 12.3. The molecule has 1 heterocycles. The molecule has 1 aromatic carbocycles. The first kappa shape index (κ1) is 11.9. The van der Waals surface area contributed by atoms with E-state index in [1.807, 2.05) is 17.0 Å². The summed E-state index contributed by atoms with van der Waals surface area (Å²) in [6.07, 6.45) is 2.04. The van der Waals surface area contributed by atoms with E-state index in [1.165, 1.54) is 0 Å². The summed E-state index contributed by atoms with van der Waals surface area (Å²) in [6, 6.07) is 7.40. The Balaban J connectivity index is 2.17. The van der Waals surface area contributed by atoms with Gasteiger partial charge in [-0.05, 0) is 25.0 Å². The van der Waals surface area contributed by atoms with Gasteiger partial charge in [0.25, 0.3) is 5.91 Å². The predicted octanol–water partition coefficient (Wildman–Crippen LogP) is 1.52. The van der Waals surface area contributed by atoms with Crippen LogP contribution in [0.4, 0.5) is 5.69 Å². The number of nitrogen functional groups attached to an aromatic ring is 1. The van der Waals surface area contributed by atoms with Gasteiger partial charge in [0, 0.05) is 19.3 Å². The van der Waals surface area contributed by atoms with E-state index in [4.69, 9.17) is 10.5 Å². The zero-order valence-electron chi connectivity index (χ0n) is 10.1. The van der Waals surface area contributed by atoms with Crippen molar-refractivity contribution in [2.45, 2.75) is 18.9 Å². The molecule has 4 nitrogen and oxygen atoms in total. The second-order valence-corrected chi connectivity index (χ2v) is 4.34. The summed E-state index contributed by atoms with van der Waals surface area (Å²) in [5, 5.41) is 0. The van der Waals surface area contributed by atoms with Gasteiger partial charge in [-0.1, -0.05) is 12.1 Å². The molecule has 1 aliphatic rings. The monoisotopic (exact) mass is 234 g/mol. The molecule has 0 aliphatic carbocycles. The molecule has 1 fully saturated rings. The molecule has 0 saturated carbocycles. The number of ether oxygens (including phenoxy) is 1. The molecule has 0 bridgehead atoms. The number of carbonyl (C=O) groups is 1. The molecular formula is C13H18N2O2. The molecule has 1 aromatic rings. The van der Waals surface area contributed by atoms with Crippen LogP contribution < -0.4 is 5.73 Å². The molecule has 2 N–H and O–H groups in total. The summed E-state index contributed by atoms with van der Waals surface area (Å²) in [5.74, 6) is 0.0163. The van der Waals surface area contributed by atoms with Crippen LogP contribution in [0.15, 0.2) is 24.3 Å². The average molecular weight is 234 g/mol. The number of likely N-dealkylation sites (tertiary alicyclic amines) is 1. The lowest BCUT2D eigenvalue weighted by Crippen LogP contribution is -2.38. The minimum Gasteiger partial charge on any atom is -0.398 e. The first-order valence-corrected chi connectivity index (χ1v) is 5.88. The van der Waals surface area contributed by atoms with Crippen molar-refractivity contribution >= 4 is 11.6 Å². The smallest absolute Gasteiger partial charge is 0.256 e. The number of anilines is 1. The predicted molar refractivity (Wildman–Crippen MR) is 66.8 cm³/mol. The van der Waals surface area contributed by atoms with E-state index in [1.54, 1.807) is 19.2 Å². The molecule has 1 aliphatic heterocycles. The first-order chi connectivity index (χ1) is 8.24. The SMILES string of the molecule is COCC1CCCN1C(=O)c1ccccc1N. The fourth-order valence-electron chi connectivity index (χ4n) is 2.32. The molecular weight excluding hydrogens is 216 g/mol. The minimum absolute atomic E-state index is 0.0163. The second kappa shape index (κ2) is 5.19. The maximum Gasteiger partial charge on any atom is 0.256 e. The van der Waals surface area contributed by atoms with Gasteiger partial charge in [-0.25, -0.2) is 0 Å². The molecule has 1 amide bonds. The quantitative estimate of drug-likeness (QED) is 0.807. The van der Waals surface area contributed by atoms with Crippen LogP contribution >= 0.6 is 0 Å². The highest BCUT2D eigenvalue weighted by Gasteiger charge is 2.29. The fourth-order valence-corrected chi connectivity index (χ4v) is 2.32. The van der Waals surface area contributed by atoms with E-state index in [-0.39, 0.29) is 11.9 Å². The van der Waals surface area contributed by atoms with Crippen molar-refractivity contribution in [1.29, 1.82) is 0 Å². The lowest BCUT2D eigenvalue weighted by atomic mass is 10.1. The third-order valence-electron chi connectivity index (χ3n) is 3.19. The lowest BCUT2D eigenvalue weighted by molar-refractivity contribution is 0.0631. The number of rotatable bonds is 3. The summed E-state index contributed by atoms with van der Waals surface area (Å²) < 4.78 is 5.15. The number of benzene rings is 1. The Morgan fingerprint density at radius 3 is 3.00 bits per heavy atom. The molecule has 92 valence electrons. The van der Waals surface area contributed by atoms with Gasteiger partial charge < -0.3 is 15.4 Å². The van der Waals surface area contributed by atoms with Crippen LogP contribution in [0.2, 0.25) is 0 Å². The van der Waals surface area contributed by atoms with Crippen molar-refractivity contribution < 1.29 is 9.53 Å². The molecule has 0 aromatic heterocycles. The van der Waals surface area contributed by atoms with Crippen molar-refractivity contribution in [1.82, 2.24) is 4.90 Å². The van der Waals surface area contributed by atoms with E-state index in [9.17, 15) is 4.79 Å². The number of hydrogen-bond donors (Lipinski definition) is 1. The Kier molecular flexibility index (Phi) is 3.64. The van der Waals surface area contributed by atoms with Crippen molar-refractivity contribution in [2.75, 3.05) is 26.0 Å². The molecule has 0 spiro atoms. The fraction of sp³-hybridized carbons (Fsp3) is 0.462. The first-order valence-electron chi connectivity index (χ1n) is 5.88. The number of hydrogen-bond acceptors (Lipinski definition) is 3. The van der Waals surface area contributed by atoms with E-state index < -0.39 is 0 Å². The Hall–Kier alpha value is -1.55. The van der Waals surface area contributed by atoms with Gasteiger partial charge in [-0.3, -0.25) is 4.79 Å². The van der Waals surface area contributed by atoms with E-state index in [0.29, 0.717) is 17.9 Å². The van der Waals surface area contributed by atoms with Crippen LogP contribution in [0, 0.1) is 0 Å². The standard InChI is InChI=1S/C13H18N2O2/c1-17-9-10-5-4-8-15(10)13(16)11-6-2-3-7-12(11)14/h2-3,6-7,10H,4-5,8-9,14H2,1H3. The van der Waals surface area contributed by atoms with Gasteiger partial charge in [0.1, 0.15) is 0 Å². The van der Waals surface area contributed by atoms with Crippen molar-refractivity contribution in [3.05, 3.63) is 29.8 Å². The van der Waals surface area contributed by atoms with Crippen molar-refractivity contribution in [2.24, 2.45) is 0 Å². The van der Waals surface area contributed by atoms with E-state index in [2.05, 4.69) is 0 Å². The lowest BCUT2D eigenvalue weighted by Gasteiger charge is -2.24. The van der Waals surface area contributed by atoms with Crippen LogP contribution in [0.3, 0.4) is 0 Å². The number of amides is 1. The molecule has 1 saturated heterocycles. The maximum absolute atomic E-state index is 12.3. The van der Waals surface area contributed by atoms with E-state index in [0.717, 1.165) is 19.4 Å². The van der Waals surface area contributed by atoms with Gasteiger partial charge in [-0.15, -0.1) is 0 Å². The number of carbonyl (C=O) groups excluding carboxylic acids is 1. The summed E-state index contributed by atoms with van der Waals surface area (Å²) in [6.45, 7) is 1.39. The summed E-state index contributed by atoms with van der Waals surface area (Å²) in [7, 11) is 1.66. The topological polar surface area (TPSA) is 55.6 Å². The Labute approximate surface area is 101 Å². The average Bonchev–Trinajstić information content (AvgIpc) is 2.78. The highest BCUT2D eigenvalue weighted by atomic mass is 16.5. The molecule has 1 unspecified atom stereocenters. The Morgan fingerprint density at radius 1 is 1.53 bits per heavy atom. The van der Waals surface area contributed by atoms with Crippen molar-refractivity contribution in [3.63, 3.8) is 0 Å². The number of para-hydroxylation sites is 1. The summed E-state index contributed by atoms with van der Waals surface area (Å²) >= 11 is 0. The van der Waals surface area contributed by atoms with E-state index >= 15 is 0 Å².